The Hall–Kier alpha value is -0.530. The number of hydrogen-bond donors (Lipinski definition) is 1. The lowest BCUT2D eigenvalue weighted by molar-refractivity contribution is -0.562. The first kappa shape index (κ1) is 8.57. The first-order valence-electron chi connectivity index (χ1n) is 4.31. The molecule has 0 spiro atoms. The molecule has 0 fully saturated rings. The maximum absolute atomic E-state index is 3.26. The van der Waals surface area contributed by atoms with Crippen molar-refractivity contribution < 1.29 is 4.68 Å². The lowest BCUT2D eigenvalue weighted by atomic mass is 9.79. The van der Waals surface area contributed by atoms with Crippen LogP contribution < -0.4 is 5.43 Å². The lowest BCUT2D eigenvalue weighted by Gasteiger charge is -2.27. The Balaban J connectivity index is 2.67. The Morgan fingerprint density at radius 3 is 2.45 bits per heavy atom. The Morgan fingerprint density at radius 1 is 1.45 bits per heavy atom. The summed E-state index contributed by atoms with van der Waals surface area (Å²) in [4.78, 5) is 0. The summed E-state index contributed by atoms with van der Waals surface area (Å²) < 4.78 is 2.08. The zero-order valence-corrected chi connectivity index (χ0v) is 8.02. The summed E-state index contributed by atoms with van der Waals surface area (Å²) in [7, 11) is 2.07. The molecule has 0 aromatic carbocycles. The molecule has 11 heavy (non-hydrogen) atoms. The monoisotopic (exact) mass is 155 g/mol. The Labute approximate surface area is 69.3 Å². The number of nitrogens with zero attached hydrogens (tertiary/aromatic N) is 1. The number of hydrazone groups is 1. The summed E-state index contributed by atoms with van der Waals surface area (Å²) in [5.41, 5.74) is 3.67. The van der Waals surface area contributed by atoms with E-state index in [0.29, 0.717) is 11.3 Å². The van der Waals surface area contributed by atoms with Crippen LogP contribution in [0.3, 0.4) is 0 Å². The lowest BCUT2D eigenvalue weighted by Crippen LogP contribution is -2.40. The van der Waals surface area contributed by atoms with Crippen LogP contribution in [0.25, 0.3) is 0 Å². The molecule has 2 nitrogen and oxygen atoms in total. The average molecular weight is 155 g/mol. The van der Waals surface area contributed by atoms with Crippen molar-refractivity contribution in [2.45, 2.75) is 27.2 Å². The van der Waals surface area contributed by atoms with Crippen LogP contribution in [-0.4, -0.2) is 24.5 Å². The fraction of sp³-hybridized carbons (Fsp3) is 0.889. The summed E-state index contributed by atoms with van der Waals surface area (Å²) in [6, 6.07) is 0. The van der Waals surface area contributed by atoms with Crippen molar-refractivity contribution in [1.82, 2.24) is 5.43 Å². The maximum Gasteiger partial charge on any atom is 0.173 e. The third kappa shape index (κ3) is 2.21. The van der Waals surface area contributed by atoms with E-state index < -0.39 is 0 Å². The molecule has 1 unspecified atom stereocenters. The number of hydrogen-bond acceptors (Lipinski definition) is 1. The second-order valence-electron chi connectivity index (χ2n) is 4.43. The van der Waals surface area contributed by atoms with Crippen LogP contribution in [0.4, 0.5) is 0 Å². The van der Waals surface area contributed by atoms with Gasteiger partial charge in [-0.05, 0) is 11.8 Å². The van der Waals surface area contributed by atoms with Gasteiger partial charge >= 0.3 is 0 Å². The first-order valence-corrected chi connectivity index (χ1v) is 4.31. The fourth-order valence-corrected chi connectivity index (χ4v) is 1.45. The van der Waals surface area contributed by atoms with E-state index in [2.05, 4.69) is 44.1 Å². The largest absolute Gasteiger partial charge is 0.199 e. The van der Waals surface area contributed by atoms with Gasteiger partial charge in [-0.3, -0.25) is 0 Å². The molecule has 1 aliphatic rings. The molecule has 0 saturated heterocycles. The highest BCUT2D eigenvalue weighted by Gasteiger charge is 2.28. The first-order chi connectivity index (χ1) is 5.00. The van der Waals surface area contributed by atoms with E-state index in [0.717, 1.165) is 6.54 Å². The van der Waals surface area contributed by atoms with Crippen LogP contribution in [-0.2, 0) is 0 Å². The summed E-state index contributed by atoms with van der Waals surface area (Å²) >= 11 is 0. The van der Waals surface area contributed by atoms with E-state index in [9.17, 15) is 0 Å². The molecule has 0 amide bonds. The highest BCUT2D eigenvalue weighted by molar-refractivity contribution is 5.56. The van der Waals surface area contributed by atoms with Gasteiger partial charge < -0.3 is 0 Å². The van der Waals surface area contributed by atoms with Gasteiger partial charge in [0, 0.05) is 5.92 Å². The minimum absolute atomic E-state index is 0.413. The van der Waals surface area contributed by atoms with Gasteiger partial charge in [0.1, 0.15) is 0 Å². The summed E-state index contributed by atoms with van der Waals surface area (Å²) in [5, 5.41) is 0. The second-order valence-corrected chi connectivity index (χ2v) is 4.43. The standard InChI is InChI=1S/C9H19N2/c1-9(2,3)8-5-6-10-11(4)7-8/h7-8,10H,5-6H2,1-4H3/q+1. The van der Waals surface area contributed by atoms with Crippen LogP contribution in [0.5, 0.6) is 0 Å². The van der Waals surface area contributed by atoms with Gasteiger partial charge in [0.25, 0.3) is 0 Å². The molecule has 0 aromatic heterocycles. The minimum atomic E-state index is 0.413. The highest BCUT2D eigenvalue weighted by atomic mass is 15.4. The minimum Gasteiger partial charge on any atom is -0.199 e. The van der Waals surface area contributed by atoms with E-state index in [1.807, 2.05) is 0 Å². The predicted molar refractivity (Wildman–Crippen MR) is 47.8 cm³/mol. The van der Waals surface area contributed by atoms with Gasteiger partial charge in [-0.1, -0.05) is 20.8 Å². The van der Waals surface area contributed by atoms with Crippen molar-refractivity contribution >= 4 is 6.21 Å². The summed E-state index contributed by atoms with van der Waals surface area (Å²) in [5.74, 6) is 0.716. The molecule has 2 heteroatoms. The normalized spacial score (nSPS) is 25.8. The summed E-state index contributed by atoms with van der Waals surface area (Å²) in [6.07, 6.45) is 3.54. The molecule has 64 valence electrons. The Bertz CT molecular complexity index is 165. The molecule has 1 atom stereocenters. The fourth-order valence-electron chi connectivity index (χ4n) is 1.45. The topological polar surface area (TPSA) is 15.0 Å². The number of nitrogens with one attached hydrogen (secondary N) is 1. The van der Waals surface area contributed by atoms with E-state index >= 15 is 0 Å². The highest BCUT2D eigenvalue weighted by Crippen LogP contribution is 2.27. The van der Waals surface area contributed by atoms with Gasteiger partial charge in [-0.15, -0.1) is 4.68 Å². The van der Waals surface area contributed by atoms with Crippen LogP contribution in [0.15, 0.2) is 0 Å². The molecular weight excluding hydrogens is 136 g/mol. The van der Waals surface area contributed by atoms with Gasteiger partial charge in [0.2, 0.25) is 0 Å². The molecule has 1 aliphatic heterocycles. The summed E-state index contributed by atoms with van der Waals surface area (Å²) in [6.45, 7) is 8.00. The van der Waals surface area contributed by atoms with E-state index in [1.165, 1.54) is 6.42 Å². The van der Waals surface area contributed by atoms with Gasteiger partial charge in [-0.2, -0.15) is 5.43 Å². The van der Waals surface area contributed by atoms with Crippen molar-refractivity contribution in [3.63, 3.8) is 0 Å². The van der Waals surface area contributed by atoms with Gasteiger partial charge in [0.15, 0.2) is 13.3 Å². The molecule has 1 heterocycles. The average Bonchev–Trinajstić information content (AvgIpc) is 1.86. The van der Waals surface area contributed by atoms with Gasteiger partial charge in [-0.25, -0.2) is 0 Å². The van der Waals surface area contributed by atoms with Crippen LogP contribution >= 0.6 is 0 Å². The van der Waals surface area contributed by atoms with Crippen molar-refractivity contribution in [3.05, 3.63) is 0 Å². The molecule has 1 N–H and O–H groups in total. The molecule has 1 rings (SSSR count). The third-order valence-electron chi connectivity index (χ3n) is 2.33. The Kier molecular flexibility index (Phi) is 2.21. The molecule has 0 saturated carbocycles. The number of hydrazine groups is 1. The van der Waals surface area contributed by atoms with Crippen LogP contribution in [0.1, 0.15) is 27.2 Å². The quantitative estimate of drug-likeness (QED) is 0.521. The zero-order valence-electron chi connectivity index (χ0n) is 8.02. The molecule has 0 aromatic rings. The van der Waals surface area contributed by atoms with Crippen molar-refractivity contribution in [3.8, 4) is 0 Å². The van der Waals surface area contributed by atoms with Crippen LogP contribution in [0.2, 0.25) is 0 Å². The smallest absolute Gasteiger partial charge is 0.173 e. The molecule has 0 bridgehead atoms. The van der Waals surface area contributed by atoms with Crippen molar-refractivity contribution in [1.29, 1.82) is 0 Å². The predicted octanol–water partition coefficient (Wildman–Crippen LogP) is 1.27. The van der Waals surface area contributed by atoms with Crippen LogP contribution in [0, 0.1) is 11.3 Å². The molecule has 0 aliphatic carbocycles. The third-order valence-corrected chi connectivity index (χ3v) is 2.33. The van der Waals surface area contributed by atoms with E-state index in [1.54, 1.807) is 0 Å². The van der Waals surface area contributed by atoms with E-state index in [4.69, 9.17) is 0 Å². The van der Waals surface area contributed by atoms with E-state index in [-0.39, 0.29) is 0 Å². The Morgan fingerprint density at radius 2 is 2.09 bits per heavy atom. The maximum atomic E-state index is 3.26. The van der Waals surface area contributed by atoms with Crippen molar-refractivity contribution in [2.24, 2.45) is 11.3 Å². The molecule has 0 radical (unpaired) electrons. The van der Waals surface area contributed by atoms with Gasteiger partial charge in [0.05, 0.1) is 6.54 Å². The van der Waals surface area contributed by atoms with Crippen molar-refractivity contribution in [2.75, 3.05) is 13.6 Å². The zero-order chi connectivity index (χ0) is 8.48. The number of rotatable bonds is 0. The second kappa shape index (κ2) is 2.84. The molecular formula is C9H19N2+. The SMILES string of the molecule is C[N+]1=CC(C(C)(C)C)CCN1.